The van der Waals surface area contributed by atoms with Gasteiger partial charge in [0.15, 0.2) is 11.6 Å². The van der Waals surface area contributed by atoms with E-state index in [0.29, 0.717) is 0 Å². The zero-order valence-electron chi connectivity index (χ0n) is 10.1. The molecule has 0 heterocycles. The average molecular weight is 298 g/mol. The van der Waals surface area contributed by atoms with Crippen molar-refractivity contribution in [3.63, 3.8) is 0 Å². The zero-order chi connectivity index (χ0) is 14.9. The fourth-order valence-electron chi connectivity index (χ4n) is 1.67. The quantitative estimate of drug-likeness (QED) is 0.762. The molecule has 0 aliphatic carbocycles. The van der Waals surface area contributed by atoms with Crippen molar-refractivity contribution in [2.75, 3.05) is 11.1 Å². The molecule has 104 valence electrons. The second-order valence-corrected chi connectivity index (χ2v) is 4.45. The highest BCUT2D eigenvalue weighted by Crippen LogP contribution is 2.32. The average Bonchev–Trinajstić information content (AvgIpc) is 2.36. The van der Waals surface area contributed by atoms with Crippen molar-refractivity contribution >= 4 is 34.6 Å². The Morgan fingerprint density at radius 3 is 2.45 bits per heavy atom. The molecule has 0 aromatic heterocycles. The lowest BCUT2D eigenvalue weighted by Gasteiger charge is -2.13. The number of benzene rings is 2. The van der Waals surface area contributed by atoms with E-state index >= 15 is 0 Å². The van der Waals surface area contributed by atoms with Gasteiger partial charge in [-0.1, -0.05) is 11.6 Å². The number of carbonyl (C=O) groups is 1. The van der Waals surface area contributed by atoms with Crippen molar-refractivity contribution in [1.29, 1.82) is 0 Å². The zero-order valence-corrected chi connectivity index (χ0v) is 10.8. The normalized spacial score (nSPS) is 10.3. The van der Waals surface area contributed by atoms with Gasteiger partial charge < -0.3 is 16.8 Å². The lowest BCUT2D eigenvalue weighted by Crippen LogP contribution is -2.14. The van der Waals surface area contributed by atoms with Crippen LogP contribution in [0, 0.1) is 11.6 Å². The lowest BCUT2D eigenvalue weighted by atomic mass is 10.1. The molecule has 4 nitrogen and oxygen atoms in total. The number of nitrogen functional groups attached to an aromatic ring is 1. The molecule has 7 heteroatoms. The fourth-order valence-corrected chi connectivity index (χ4v) is 1.94. The Kier molecular flexibility index (Phi) is 3.76. The Balaban J connectivity index is 2.47. The minimum absolute atomic E-state index is 0.0553. The maximum atomic E-state index is 13.1. The molecule has 0 unspecified atom stereocenters. The Labute approximate surface area is 118 Å². The predicted octanol–water partition coefficient (Wildman–Crippen LogP) is 3.04. The highest BCUT2D eigenvalue weighted by atomic mass is 35.5. The number of carbonyl (C=O) groups excluding carboxylic acids is 1. The number of hydrogen-bond donors (Lipinski definition) is 3. The van der Waals surface area contributed by atoms with Crippen molar-refractivity contribution < 1.29 is 13.6 Å². The monoisotopic (exact) mass is 297 g/mol. The summed E-state index contributed by atoms with van der Waals surface area (Å²) >= 11 is 5.98. The summed E-state index contributed by atoms with van der Waals surface area (Å²) in [5.41, 5.74) is 11.5. The lowest BCUT2D eigenvalue weighted by molar-refractivity contribution is 0.100. The third kappa shape index (κ3) is 2.80. The summed E-state index contributed by atoms with van der Waals surface area (Å²) in [5.74, 6) is -2.75. The number of nitrogens with two attached hydrogens (primary N) is 2. The molecule has 2 aromatic carbocycles. The van der Waals surface area contributed by atoms with E-state index in [9.17, 15) is 13.6 Å². The minimum atomic E-state index is -1.03. The van der Waals surface area contributed by atoms with E-state index < -0.39 is 17.5 Å². The second-order valence-electron chi connectivity index (χ2n) is 4.04. The van der Waals surface area contributed by atoms with Crippen LogP contribution in [0.2, 0.25) is 5.02 Å². The molecule has 0 aliphatic heterocycles. The molecule has 0 aliphatic rings. The highest BCUT2D eigenvalue weighted by Gasteiger charge is 2.14. The molecule has 5 N–H and O–H groups in total. The van der Waals surface area contributed by atoms with Gasteiger partial charge in [0.2, 0.25) is 0 Å². The topological polar surface area (TPSA) is 81.1 Å². The van der Waals surface area contributed by atoms with Crippen LogP contribution in [0.5, 0.6) is 0 Å². The number of primary amides is 1. The number of rotatable bonds is 3. The molecule has 20 heavy (non-hydrogen) atoms. The van der Waals surface area contributed by atoms with E-state index in [0.717, 1.165) is 12.1 Å². The molecule has 0 radical (unpaired) electrons. The van der Waals surface area contributed by atoms with Crippen LogP contribution < -0.4 is 16.8 Å². The Bertz CT molecular complexity index is 692. The summed E-state index contributed by atoms with van der Waals surface area (Å²) in [4.78, 5) is 11.4. The van der Waals surface area contributed by atoms with Crippen LogP contribution in [0.3, 0.4) is 0 Å². The Morgan fingerprint density at radius 1 is 1.15 bits per heavy atom. The third-order valence-corrected chi connectivity index (χ3v) is 2.87. The molecule has 0 saturated carbocycles. The third-order valence-electron chi connectivity index (χ3n) is 2.57. The SMILES string of the molecule is NC(=O)c1cc(N)cc(Cl)c1Nc1ccc(F)c(F)c1. The summed E-state index contributed by atoms with van der Waals surface area (Å²) in [6.45, 7) is 0. The molecular weight excluding hydrogens is 288 g/mol. The van der Waals surface area contributed by atoms with Crippen molar-refractivity contribution in [2.24, 2.45) is 5.73 Å². The summed E-state index contributed by atoms with van der Waals surface area (Å²) in [5, 5.41) is 2.86. The number of anilines is 3. The van der Waals surface area contributed by atoms with Crippen LogP contribution in [0.15, 0.2) is 30.3 Å². The van der Waals surface area contributed by atoms with Crippen molar-refractivity contribution in [1.82, 2.24) is 0 Å². The van der Waals surface area contributed by atoms with Gasteiger partial charge in [0.1, 0.15) is 0 Å². The molecular formula is C13H10ClF2N3O. The van der Waals surface area contributed by atoms with Crippen molar-refractivity contribution in [2.45, 2.75) is 0 Å². The van der Waals surface area contributed by atoms with Crippen LogP contribution in [0.25, 0.3) is 0 Å². The first-order valence-electron chi connectivity index (χ1n) is 5.49. The van der Waals surface area contributed by atoms with Crippen LogP contribution >= 0.6 is 11.6 Å². The van der Waals surface area contributed by atoms with Gasteiger partial charge in [-0.3, -0.25) is 4.79 Å². The van der Waals surface area contributed by atoms with E-state index in [2.05, 4.69) is 5.32 Å². The molecule has 0 fully saturated rings. The van der Waals surface area contributed by atoms with Crippen LogP contribution in [-0.4, -0.2) is 5.91 Å². The van der Waals surface area contributed by atoms with Gasteiger partial charge in [0.25, 0.3) is 5.91 Å². The van der Waals surface area contributed by atoms with Crippen LogP contribution in [0.1, 0.15) is 10.4 Å². The number of amides is 1. The first kappa shape index (κ1) is 14.1. The maximum absolute atomic E-state index is 13.1. The first-order valence-corrected chi connectivity index (χ1v) is 5.87. The van der Waals surface area contributed by atoms with Gasteiger partial charge in [-0.25, -0.2) is 8.78 Å². The van der Waals surface area contributed by atoms with Crippen molar-refractivity contribution in [3.05, 3.63) is 52.6 Å². The number of nitrogens with one attached hydrogen (secondary N) is 1. The molecule has 2 rings (SSSR count). The maximum Gasteiger partial charge on any atom is 0.250 e. The number of halogens is 3. The number of hydrogen-bond acceptors (Lipinski definition) is 3. The van der Waals surface area contributed by atoms with Gasteiger partial charge in [-0.2, -0.15) is 0 Å². The smallest absolute Gasteiger partial charge is 0.250 e. The molecule has 0 atom stereocenters. The summed E-state index contributed by atoms with van der Waals surface area (Å²) in [7, 11) is 0. The van der Waals surface area contributed by atoms with Gasteiger partial charge >= 0.3 is 0 Å². The predicted molar refractivity (Wildman–Crippen MR) is 74.0 cm³/mol. The summed E-state index contributed by atoms with van der Waals surface area (Å²) < 4.78 is 26.0. The van der Waals surface area contributed by atoms with Crippen molar-refractivity contribution in [3.8, 4) is 0 Å². The molecule has 0 bridgehead atoms. The van der Waals surface area contributed by atoms with Gasteiger partial charge in [0, 0.05) is 17.4 Å². The van der Waals surface area contributed by atoms with E-state index in [1.807, 2.05) is 0 Å². The van der Waals surface area contributed by atoms with E-state index in [4.69, 9.17) is 23.1 Å². The molecule has 0 spiro atoms. The highest BCUT2D eigenvalue weighted by molar-refractivity contribution is 6.34. The molecule has 2 aromatic rings. The van der Waals surface area contributed by atoms with E-state index in [1.165, 1.54) is 18.2 Å². The molecule has 0 saturated heterocycles. The van der Waals surface area contributed by atoms with Gasteiger partial charge in [-0.05, 0) is 24.3 Å². The fraction of sp³-hybridized carbons (Fsp3) is 0. The van der Waals surface area contributed by atoms with E-state index in [-0.39, 0.29) is 27.6 Å². The van der Waals surface area contributed by atoms with Crippen LogP contribution in [0.4, 0.5) is 25.8 Å². The van der Waals surface area contributed by atoms with Gasteiger partial charge in [0.05, 0.1) is 16.3 Å². The van der Waals surface area contributed by atoms with Crippen LogP contribution in [-0.2, 0) is 0 Å². The summed E-state index contributed by atoms with van der Waals surface area (Å²) in [6.07, 6.45) is 0. The Morgan fingerprint density at radius 2 is 1.85 bits per heavy atom. The standard InChI is InChI=1S/C13H10ClF2N3O/c14-9-4-6(17)3-8(13(18)20)12(9)19-7-1-2-10(15)11(16)5-7/h1-5,19H,17H2,(H2,18,20). The minimum Gasteiger partial charge on any atom is -0.399 e. The largest absolute Gasteiger partial charge is 0.399 e. The molecule has 1 amide bonds. The second kappa shape index (κ2) is 5.34. The Hall–Kier alpha value is -2.34. The summed E-state index contributed by atoms with van der Waals surface area (Å²) in [6, 6.07) is 5.95. The van der Waals surface area contributed by atoms with Gasteiger partial charge in [-0.15, -0.1) is 0 Å². The van der Waals surface area contributed by atoms with E-state index in [1.54, 1.807) is 0 Å². The first-order chi connectivity index (χ1) is 9.38.